The second-order valence-corrected chi connectivity index (χ2v) is 12.8. The van der Waals surface area contributed by atoms with Crippen LogP contribution in [0.25, 0.3) is 0 Å². The van der Waals surface area contributed by atoms with Crippen LogP contribution in [0.15, 0.2) is 84.9 Å². The van der Waals surface area contributed by atoms with Crippen LogP contribution in [0.4, 0.5) is 15.3 Å². The summed E-state index contributed by atoms with van der Waals surface area (Å²) in [5, 5.41) is 5.93. The number of hydrogen-bond donors (Lipinski definition) is 2. The minimum Gasteiger partial charge on any atom is -0.444 e. The molecule has 0 spiro atoms. The maximum Gasteiger partial charge on any atom is 0.408 e. The van der Waals surface area contributed by atoms with E-state index < -0.39 is 34.3 Å². The summed E-state index contributed by atoms with van der Waals surface area (Å²) in [5.41, 5.74) is -1.44. The lowest BCUT2D eigenvalue weighted by molar-refractivity contribution is -0.127. The normalized spacial score (nSPS) is 18.1. The van der Waals surface area contributed by atoms with Gasteiger partial charge in [-0.1, -0.05) is 85.8 Å². The highest BCUT2D eigenvalue weighted by Crippen LogP contribution is 2.52. The van der Waals surface area contributed by atoms with Gasteiger partial charge in [-0.15, -0.1) is 0 Å². The Morgan fingerprint density at radius 1 is 0.738 bits per heavy atom. The first kappa shape index (κ1) is 30.6. The lowest BCUT2D eigenvalue weighted by Gasteiger charge is -2.46. The van der Waals surface area contributed by atoms with Crippen LogP contribution >= 0.6 is 0 Å². The maximum absolute atomic E-state index is 15.0. The number of nitrogens with zero attached hydrogens (tertiary/aromatic N) is 1. The van der Waals surface area contributed by atoms with Crippen molar-refractivity contribution in [2.75, 3.05) is 11.4 Å². The molecule has 4 rings (SSSR count). The van der Waals surface area contributed by atoms with Gasteiger partial charge < -0.3 is 25.0 Å². The average molecular weight is 572 g/mol. The van der Waals surface area contributed by atoms with Crippen LogP contribution in [0.2, 0.25) is 0 Å². The van der Waals surface area contributed by atoms with Crippen molar-refractivity contribution in [2.24, 2.45) is 0 Å². The van der Waals surface area contributed by atoms with E-state index in [4.69, 9.17) is 9.47 Å². The molecule has 0 saturated carbocycles. The van der Waals surface area contributed by atoms with Gasteiger partial charge in [-0.05, 0) is 58.7 Å². The van der Waals surface area contributed by atoms with Gasteiger partial charge in [0.15, 0.2) is 5.54 Å². The number of rotatable bonds is 7. The van der Waals surface area contributed by atoms with Gasteiger partial charge >= 0.3 is 12.2 Å². The van der Waals surface area contributed by atoms with E-state index >= 15 is 0 Å². The van der Waals surface area contributed by atoms with Crippen LogP contribution in [-0.4, -0.2) is 35.8 Å². The summed E-state index contributed by atoms with van der Waals surface area (Å²) in [4.78, 5) is 43.3. The maximum atomic E-state index is 15.0. The fourth-order valence-corrected chi connectivity index (χ4v) is 5.45. The van der Waals surface area contributed by atoms with E-state index in [9.17, 15) is 14.4 Å². The number of ether oxygens (including phenoxy) is 2. The summed E-state index contributed by atoms with van der Waals surface area (Å²) >= 11 is 0. The molecule has 0 radical (unpaired) electrons. The second-order valence-electron chi connectivity index (χ2n) is 12.8. The zero-order valence-electron chi connectivity index (χ0n) is 25.5. The van der Waals surface area contributed by atoms with E-state index in [1.807, 2.05) is 91.9 Å². The van der Waals surface area contributed by atoms with Gasteiger partial charge in [0.1, 0.15) is 11.2 Å². The van der Waals surface area contributed by atoms with Crippen LogP contribution in [0.3, 0.4) is 0 Å². The zero-order chi connectivity index (χ0) is 30.8. The van der Waals surface area contributed by atoms with E-state index in [0.717, 1.165) is 11.1 Å². The molecule has 2 N–H and O–H groups in total. The standard InChI is InChI=1S/C34H41N3O5/c1-31(2,3)41-29(39)35-23-33(7,25-18-12-9-13-19-25)34(36-30(40)42-32(4,5)6)26-20-14-15-21-27(26)37(28(34)38)22-24-16-10-8-11-17-24/h8-21H,22-23H2,1-7H3,(H,35,39)(H,36,40)/t33-,34-/m0/s1. The topological polar surface area (TPSA) is 97.0 Å². The number of carbonyl (C=O) groups is 3. The van der Waals surface area contributed by atoms with Crippen molar-refractivity contribution in [3.8, 4) is 0 Å². The molecule has 0 aromatic heterocycles. The van der Waals surface area contributed by atoms with Gasteiger partial charge in [0.25, 0.3) is 5.91 Å². The van der Waals surface area contributed by atoms with Gasteiger partial charge in [-0.3, -0.25) is 4.79 Å². The summed E-state index contributed by atoms with van der Waals surface area (Å²) in [6.45, 7) is 12.8. The number of carbonyl (C=O) groups excluding carboxylic acids is 3. The largest absolute Gasteiger partial charge is 0.444 e. The molecule has 42 heavy (non-hydrogen) atoms. The third kappa shape index (κ3) is 6.27. The van der Waals surface area contributed by atoms with Gasteiger partial charge in [0, 0.05) is 17.5 Å². The molecule has 3 aromatic rings. The van der Waals surface area contributed by atoms with Crippen LogP contribution in [0, 0.1) is 0 Å². The fourth-order valence-electron chi connectivity index (χ4n) is 5.45. The van der Waals surface area contributed by atoms with Gasteiger partial charge in [-0.25, -0.2) is 9.59 Å². The predicted octanol–water partition coefficient (Wildman–Crippen LogP) is 6.44. The molecule has 2 atom stereocenters. The molecule has 8 heteroatoms. The summed E-state index contributed by atoms with van der Waals surface area (Å²) in [6, 6.07) is 26.5. The molecule has 0 unspecified atom stereocenters. The van der Waals surface area contributed by atoms with Crippen molar-refractivity contribution >= 4 is 23.8 Å². The lowest BCUT2D eigenvalue weighted by Crippen LogP contribution is -2.67. The molecule has 3 amide bonds. The smallest absolute Gasteiger partial charge is 0.408 e. The number of nitrogens with one attached hydrogen (secondary N) is 2. The van der Waals surface area contributed by atoms with E-state index in [2.05, 4.69) is 10.6 Å². The highest BCUT2D eigenvalue weighted by molar-refractivity contribution is 6.10. The Balaban J connectivity index is 1.92. The fraction of sp³-hybridized carbons (Fsp3) is 0.382. The number of anilines is 1. The Hall–Kier alpha value is -4.33. The Labute approximate surface area is 248 Å². The Kier molecular flexibility index (Phi) is 8.39. The van der Waals surface area contributed by atoms with Crippen LogP contribution < -0.4 is 15.5 Å². The van der Waals surface area contributed by atoms with Gasteiger partial charge in [0.2, 0.25) is 0 Å². The van der Waals surface area contributed by atoms with Crippen molar-refractivity contribution in [1.82, 2.24) is 10.6 Å². The summed E-state index contributed by atoms with van der Waals surface area (Å²) in [6.07, 6.45) is -1.37. The molecule has 3 aromatic carbocycles. The monoisotopic (exact) mass is 571 g/mol. The number of alkyl carbamates (subject to hydrolysis) is 2. The third-order valence-electron chi connectivity index (χ3n) is 7.26. The van der Waals surface area contributed by atoms with Crippen LogP contribution in [-0.2, 0) is 31.8 Å². The molecule has 1 aliphatic heterocycles. The second kappa shape index (κ2) is 11.5. The first-order valence-corrected chi connectivity index (χ1v) is 14.2. The summed E-state index contributed by atoms with van der Waals surface area (Å²) < 4.78 is 11.3. The predicted molar refractivity (Wildman–Crippen MR) is 163 cm³/mol. The zero-order valence-corrected chi connectivity index (χ0v) is 25.5. The molecule has 1 aliphatic rings. The van der Waals surface area contributed by atoms with E-state index in [0.29, 0.717) is 17.8 Å². The summed E-state index contributed by atoms with van der Waals surface area (Å²) in [7, 11) is 0. The minimum absolute atomic E-state index is 0.0268. The number of para-hydroxylation sites is 1. The number of fused-ring (bicyclic) bond motifs is 1. The van der Waals surface area contributed by atoms with E-state index in [-0.39, 0.29) is 12.5 Å². The van der Waals surface area contributed by atoms with Crippen LogP contribution in [0.5, 0.6) is 0 Å². The quantitative estimate of drug-likeness (QED) is 0.340. The molecule has 8 nitrogen and oxygen atoms in total. The number of amides is 3. The van der Waals surface area contributed by atoms with Crippen molar-refractivity contribution in [1.29, 1.82) is 0 Å². The molecule has 0 saturated heterocycles. The van der Waals surface area contributed by atoms with Crippen molar-refractivity contribution in [3.05, 3.63) is 102 Å². The highest BCUT2D eigenvalue weighted by atomic mass is 16.6. The first-order valence-electron chi connectivity index (χ1n) is 14.2. The number of hydrogen-bond acceptors (Lipinski definition) is 5. The summed E-state index contributed by atoms with van der Waals surface area (Å²) in [5.74, 6) is -0.337. The van der Waals surface area contributed by atoms with Crippen LogP contribution in [0.1, 0.15) is 65.2 Å². The van der Waals surface area contributed by atoms with Crippen molar-refractivity contribution in [2.45, 2.75) is 77.2 Å². The van der Waals surface area contributed by atoms with Gasteiger partial charge in [-0.2, -0.15) is 0 Å². The molecule has 0 bridgehead atoms. The Bertz CT molecular complexity index is 1430. The highest BCUT2D eigenvalue weighted by Gasteiger charge is 2.63. The molecule has 0 aliphatic carbocycles. The first-order chi connectivity index (χ1) is 19.7. The minimum atomic E-state index is -1.66. The van der Waals surface area contributed by atoms with E-state index in [1.54, 1.807) is 46.4 Å². The van der Waals surface area contributed by atoms with Gasteiger partial charge in [0.05, 0.1) is 12.2 Å². The molecular formula is C34H41N3O5. The average Bonchev–Trinajstić information content (AvgIpc) is 3.14. The lowest BCUT2D eigenvalue weighted by atomic mass is 9.63. The SMILES string of the molecule is CC(C)(C)OC(=O)NC[C@@](C)(c1ccccc1)[C@@]1(NC(=O)OC(C)(C)C)C(=O)N(Cc2ccccc2)c2ccccc21. The molecule has 1 heterocycles. The number of benzene rings is 3. The Morgan fingerprint density at radius 3 is 1.86 bits per heavy atom. The van der Waals surface area contributed by atoms with Crippen molar-refractivity contribution < 1.29 is 23.9 Å². The molecule has 0 fully saturated rings. The molecule has 222 valence electrons. The van der Waals surface area contributed by atoms with Crippen molar-refractivity contribution in [3.63, 3.8) is 0 Å². The van der Waals surface area contributed by atoms with E-state index in [1.165, 1.54) is 0 Å². The third-order valence-corrected chi connectivity index (χ3v) is 7.26. The molecular weight excluding hydrogens is 530 g/mol. The Morgan fingerprint density at radius 2 is 1.26 bits per heavy atom.